The maximum absolute atomic E-state index is 12.2. The molecule has 8 heteroatoms. The summed E-state index contributed by atoms with van der Waals surface area (Å²) in [6, 6.07) is 5.74. The van der Waals surface area contributed by atoms with E-state index in [4.69, 9.17) is 0 Å². The number of hydrogen-bond donors (Lipinski definition) is 1. The molecular formula is C14H13BrN4O2S. The van der Waals surface area contributed by atoms with Gasteiger partial charge in [-0.05, 0) is 30.7 Å². The van der Waals surface area contributed by atoms with Crippen molar-refractivity contribution >= 4 is 49.9 Å². The second kappa shape index (κ2) is 6.13. The van der Waals surface area contributed by atoms with Crippen molar-refractivity contribution in [3.63, 3.8) is 0 Å². The molecule has 1 fully saturated rings. The van der Waals surface area contributed by atoms with Gasteiger partial charge in [-0.3, -0.25) is 9.59 Å². The van der Waals surface area contributed by atoms with Gasteiger partial charge in [0.25, 0.3) is 0 Å². The van der Waals surface area contributed by atoms with E-state index >= 15 is 0 Å². The standard InChI is InChI=1S/C14H13BrN4O2S/c1-8-4-10(15)2-3-11(8)19-6-9(5-12(19)20)13(21)17-14-18-16-7-22-14/h2-4,7,9H,5-6H2,1H3,(H,17,18,21)/t9-/m0/s1. The SMILES string of the molecule is Cc1cc(Br)ccc1N1C[C@@H](C(=O)Nc2nncs2)CC1=O. The van der Waals surface area contributed by atoms with Gasteiger partial charge in [-0.25, -0.2) is 0 Å². The van der Waals surface area contributed by atoms with Crippen LogP contribution >= 0.6 is 27.3 Å². The second-order valence-electron chi connectivity index (χ2n) is 5.07. The summed E-state index contributed by atoms with van der Waals surface area (Å²) in [5.74, 6) is -0.607. The molecule has 22 heavy (non-hydrogen) atoms. The monoisotopic (exact) mass is 380 g/mol. The number of benzene rings is 1. The third-order valence-electron chi connectivity index (χ3n) is 3.54. The largest absolute Gasteiger partial charge is 0.311 e. The molecule has 1 aromatic carbocycles. The van der Waals surface area contributed by atoms with E-state index < -0.39 is 0 Å². The molecule has 0 aliphatic carbocycles. The van der Waals surface area contributed by atoms with E-state index in [1.807, 2.05) is 25.1 Å². The number of amides is 2. The Labute approximate surface area is 139 Å². The van der Waals surface area contributed by atoms with Crippen LogP contribution in [-0.2, 0) is 9.59 Å². The first kappa shape index (κ1) is 15.1. The average Bonchev–Trinajstić information content (AvgIpc) is 3.09. The Kier molecular flexibility index (Phi) is 4.21. The third-order valence-corrected chi connectivity index (χ3v) is 4.64. The van der Waals surface area contributed by atoms with Gasteiger partial charge in [0.2, 0.25) is 16.9 Å². The predicted molar refractivity (Wildman–Crippen MR) is 87.9 cm³/mol. The number of nitrogens with one attached hydrogen (secondary N) is 1. The van der Waals surface area contributed by atoms with Crippen LogP contribution in [0.1, 0.15) is 12.0 Å². The molecular weight excluding hydrogens is 368 g/mol. The highest BCUT2D eigenvalue weighted by Crippen LogP contribution is 2.30. The van der Waals surface area contributed by atoms with E-state index in [2.05, 4.69) is 31.4 Å². The van der Waals surface area contributed by atoms with Gasteiger partial charge in [0.05, 0.1) is 5.92 Å². The van der Waals surface area contributed by atoms with Crippen LogP contribution in [-0.4, -0.2) is 28.6 Å². The number of rotatable bonds is 3. The quantitative estimate of drug-likeness (QED) is 0.887. The highest BCUT2D eigenvalue weighted by Gasteiger charge is 2.35. The van der Waals surface area contributed by atoms with Gasteiger partial charge in [-0.1, -0.05) is 27.3 Å². The number of hydrogen-bond acceptors (Lipinski definition) is 5. The van der Waals surface area contributed by atoms with E-state index in [1.54, 1.807) is 10.4 Å². The molecule has 6 nitrogen and oxygen atoms in total. The van der Waals surface area contributed by atoms with Crippen LogP contribution in [0.5, 0.6) is 0 Å². The Bertz CT molecular complexity index is 720. The van der Waals surface area contributed by atoms with Crippen molar-refractivity contribution in [1.29, 1.82) is 0 Å². The zero-order valence-electron chi connectivity index (χ0n) is 11.7. The Morgan fingerprint density at radius 2 is 2.32 bits per heavy atom. The van der Waals surface area contributed by atoms with Crippen molar-refractivity contribution in [3.05, 3.63) is 33.7 Å². The maximum Gasteiger partial charge on any atom is 0.231 e. The van der Waals surface area contributed by atoms with Crippen molar-refractivity contribution in [2.75, 3.05) is 16.8 Å². The van der Waals surface area contributed by atoms with Crippen molar-refractivity contribution in [3.8, 4) is 0 Å². The minimum Gasteiger partial charge on any atom is -0.311 e. The molecule has 1 aliphatic heterocycles. The van der Waals surface area contributed by atoms with Gasteiger partial charge in [0, 0.05) is 23.1 Å². The van der Waals surface area contributed by atoms with Gasteiger partial charge in [0.15, 0.2) is 0 Å². The maximum atomic E-state index is 12.2. The lowest BCUT2D eigenvalue weighted by Crippen LogP contribution is -2.28. The molecule has 0 spiro atoms. The average molecular weight is 381 g/mol. The topological polar surface area (TPSA) is 75.2 Å². The molecule has 114 valence electrons. The Balaban J connectivity index is 1.74. The third kappa shape index (κ3) is 3.02. The number of anilines is 2. The summed E-state index contributed by atoms with van der Waals surface area (Å²) in [6.45, 7) is 2.33. The molecule has 1 N–H and O–H groups in total. The zero-order chi connectivity index (χ0) is 15.7. The number of carbonyl (C=O) groups is 2. The van der Waals surface area contributed by atoms with Gasteiger partial charge >= 0.3 is 0 Å². The van der Waals surface area contributed by atoms with E-state index in [1.165, 1.54) is 11.3 Å². The molecule has 2 amide bonds. The fourth-order valence-electron chi connectivity index (χ4n) is 2.47. The van der Waals surface area contributed by atoms with Gasteiger partial charge in [-0.2, -0.15) is 0 Å². The molecule has 1 saturated heterocycles. The molecule has 1 atom stereocenters. The number of nitrogens with zero attached hydrogens (tertiary/aromatic N) is 3. The summed E-state index contributed by atoms with van der Waals surface area (Å²) in [5, 5.41) is 10.6. The molecule has 1 aliphatic rings. The lowest BCUT2D eigenvalue weighted by atomic mass is 10.1. The molecule has 1 aromatic heterocycles. The predicted octanol–water partition coefficient (Wildman–Crippen LogP) is 2.60. The first-order chi connectivity index (χ1) is 10.5. The Hall–Kier alpha value is -1.80. The highest BCUT2D eigenvalue weighted by molar-refractivity contribution is 9.10. The van der Waals surface area contributed by atoms with Crippen LogP contribution in [0.15, 0.2) is 28.2 Å². The number of halogens is 1. The number of aryl methyl sites for hydroxylation is 1. The molecule has 2 aromatic rings. The second-order valence-corrected chi connectivity index (χ2v) is 6.82. The smallest absolute Gasteiger partial charge is 0.231 e. The zero-order valence-corrected chi connectivity index (χ0v) is 14.1. The summed E-state index contributed by atoms with van der Waals surface area (Å²) in [4.78, 5) is 26.1. The van der Waals surface area contributed by atoms with Crippen LogP contribution in [0.3, 0.4) is 0 Å². The summed E-state index contributed by atoms with van der Waals surface area (Å²) in [5.41, 5.74) is 3.39. The summed E-state index contributed by atoms with van der Waals surface area (Å²) < 4.78 is 0.964. The van der Waals surface area contributed by atoms with E-state index in [0.29, 0.717) is 11.7 Å². The normalized spacial score (nSPS) is 17.8. The van der Waals surface area contributed by atoms with E-state index in [9.17, 15) is 9.59 Å². The first-order valence-corrected chi connectivity index (χ1v) is 8.35. The Morgan fingerprint density at radius 3 is 3.00 bits per heavy atom. The van der Waals surface area contributed by atoms with Crippen molar-refractivity contribution in [2.24, 2.45) is 5.92 Å². The number of carbonyl (C=O) groups excluding carboxylic acids is 2. The summed E-state index contributed by atoms with van der Waals surface area (Å²) >= 11 is 4.66. The molecule has 3 rings (SSSR count). The van der Waals surface area contributed by atoms with Crippen LogP contribution in [0.4, 0.5) is 10.8 Å². The summed E-state index contributed by atoms with van der Waals surface area (Å²) in [7, 11) is 0. The summed E-state index contributed by atoms with van der Waals surface area (Å²) in [6.07, 6.45) is 0.208. The van der Waals surface area contributed by atoms with Crippen LogP contribution in [0.25, 0.3) is 0 Å². The molecule has 2 heterocycles. The van der Waals surface area contributed by atoms with Gasteiger partial charge in [-0.15, -0.1) is 10.2 Å². The fraction of sp³-hybridized carbons (Fsp3) is 0.286. The minimum atomic E-state index is -0.376. The molecule has 0 radical (unpaired) electrons. The van der Waals surface area contributed by atoms with Crippen LogP contribution in [0, 0.1) is 12.8 Å². The van der Waals surface area contributed by atoms with Crippen LogP contribution < -0.4 is 10.2 Å². The van der Waals surface area contributed by atoms with Gasteiger partial charge < -0.3 is 10.2 Å². The highest BCUT2D eigenvalue weighted by atomic mass is 79.9. The number of aromatic nitrogens is 2. The lowest BCUT2D eigenvalue weighted by molar-refractivity contribution is -0.122. The first-order valence-electron chi connectivity index (χ1n) is 6.68. The molecule has 0 saturated carbocycles. The minimum absolute atomic E-state index is 0.0390. The molecule has 0 unspecified atom stereocenters. The Morgan fingerprint density at radius 1 is 1.50 bits per heavy atom. The molecule has 0 bridgehead atoms. The van der Waals surface area contributed by atoms with Crippen LogP contribution in [0.2, 0.25) is 0 Å². The van der Waals surface area contributed by atoms with Crippen molar-refractivity contribution in [1.82, 2.24) is 10.2 Å². The fourth-order valence-corrected chi connectivity index (χ4v) is 3.40. The van der Waals surface area contributed by atoms with E-state index in [0.717, 1.165) is 15.7 Å². The lowest BCUT2D eigenvalue weighted by Gasteiger charge is -2.19. The van der Waals surface area contributed by atoms with E-state index in [-0.39, 0.29) is 24.2 Å². The van der Waals surface area contributed by atoms with Crippen molar-refractivity contribution < 1.29 is 9.59 Å². The van der Waals surface area contributed by atoms with Crippen molar-refractivity contribution in [2.45, 2.75) is 13.3 Å². The van der Waals surface area contributed by atoms with Gasteiger partial charge in [0.1, 0.15) is 5.51 Å².